The molecule has 2 heteroatoms. The molecule has 0 fully saturated rings. The molecule has 0 atom stereocenters. The van der Waals surface area contributed by atoms with Crippen LogP contribution in [0.2, 0.25) is 0 Å². The third kappa shape index (κ3) is 1.94. The minimum absolute atomic E-state index is 1.30. The van der Waals surface area contributed by atoms with Gasteiger partial charge < -0.3 is 0 Å². The van der Waals surface area contributed by atoms with E-state index in [4.69, 9.17) is 0 Å². The van der Waals surface area contributed by atoms with Crippen molar-refractivity contribution >= 4 is 64.4 Å². The molecule has 0 saturated carbocycles. The first-order valence-electron chi connectivity index (χ1n) is 8.68. The monoisotopic (exact) mass is 366 g/mol. The number of hydrogen-bond acceptors (Lipinski definition) is 2. The van der Waals surface area contributed by atoms with Gasteiger partial charge in [0, 0.05) is 20.3 Å². The fraction of sp³-hybridized carbons (Fsp3) is 0. The lowest BCUT2D eigenvalue weighted by Gasteiger charge is -2.14. The summed E-state index contributed by atoms with van der Waals surface area (Å²) in [7, 11) is 0. The second kappa shape index (κ2) is 5.41. The van der Waals surface area contributed by atoms with Gasteiger partial charge in [-0.25, -0.2) is 0 Å². The fourth-order valence-electron chi connectivity index (χ4n) is 4.07. The van der Waals surface area contributed by atoms with Crippen molar-refractivity contribution in [2.24, 2.45) is 0 Å². The molecule has 0 spiro atoms. The lowest BCUT2D eigenvalue weighted by Crippen LogP contribution is -1.86. The molecular formula is C24H14S2. The molecule has 0 amide bonds. The second-order valence-electron chi connectivity index (χ2n) is 6.62. The third-order valence-corrected chi connectivity index (χ3v) is 7.01. The molecule has 2 aromatic heterocycles. The van der Waals surface area contributed by atoms with E-state index in [2.05, 4.69) is 83.6 Å². The van der Waals surface area contributed by atoms with Gasteiger partial charge in [-0.2, -0.15) is 0 Å². The molecule has 2 heterocycles. The first-order chi connectivity index (χ1) is 12.9. The van der Waals surface area contributed by atoms with Gasteiger partial charge in [0.1, 0.15) is 0 Å². The predicted molar refractivity (Wildman–Crippen MR) is 118 cm³/mol. The molecule has 122 valence electrons. The Morgan fingerprint density at radius 1 is 0.500 bits per heavy atom. The van der Waals surface area contributed by atoms with Crippen LogP contribution in [0.15, 0.2) is 83.6 Å². The van der Waals surface area contributed by atoms with E-state index in [1.54, 1.807) is 0 Å². The minimum Gasteiger partial charge on any atom is -0.144 e. The van der Waals surface area contributed by atoms with Gasteiger partial charge in [-0.05, 0) is 67.5 Å². The first kappa shape index (κ1) is 14.5. The van der Waals surface area contributed by atoms with E-state index < -0.39 is 0 Å². The van der Waals surface area contributed by atoms with Crippen molar-refractivity contribution in [1.82, 2.24) is 0 Å². The first-order valence-corrected chi connectivity index (χ1v) is 10.4. The quantitative estimate of drug-likeness (QED) is 0.258. The highest BCUT2D eigenvalue weighted by atomic mass is 32.1. The summed E-state index contributed by atoms with van der Waals surface area (Å²) in [6.45, 7) is 0. The highest BCUT2D eigenvalue weighted by Gasteiger charge is 2.17. The molecule has 0 aliphatic carbocycles. The summed E-state index contributed by atoms with van der Waals surface area (Å²) in [5, 5.41) is 12.4. The Labute approximate surface area is 158 Å². The lowest BCUT2D eigenvalue weighted by molar-refractivity contribution is 1.75. The molecule has 0 bridgehead atoms. The molecule has 4 aromatic carbocycles. The van der Waals surface area contributed by atoms with Crippen molar-refractivity contribution in [3.8, 4) is 11.1 Å². The molecule has 26 heavy (non-hydrogen) atoms. The number of hydrogen-bond donors (Lipinski definition) is 0. The SMILES string of the molecule is c1ccc2c(-c3c4ccsc4cc4ccsc34)c3ccccc3cc2c1. The van der Waals surface area contributed by atoms with Gasteiger partial charge in [-0.15, -0.1) is 22.7 Å². The summed E-state index contributed by atoms with van der Waals surface area (Å²) in [6, 6.07) is 26.7. The number of rotatable bonds is 1. The molecule has 0 aliphatic rings. The molecule has 0 nitrogen and oxygen atoms in total. The van der Waals surface area contributed by atoms with Crippen LogP contribution in [-0.2, 0) is 0 Å². The number of fused-ring (bicyclic) bond motifs is 4. The van der Waals surface area contributed by atoms with Crippen molar-refractivity contribution < 1.29 is 0 Å². The van der Waals surface area contributed by atoms with Crippen LogP contribution < -0.4 is 0 Å². The summed E-state index contributed by atoms with van der Waals surface area (Å²) in [4.78, 5) is 0. The summed E-state index contributed by atoms with van der Waals surface area (Å²) in [5.41, 5.74) is 2.76. The maximum atomic E-state index is 2.34. The van der Waals surface area contributed by atoms with Crippen molar-refractivity contribution in [1.29, 1.82) is 0 Å². The maximum Gasteiger partial charge on any atom is 0.0428 e. The third-order valence-electron chi connectivity index (χ3n) is 5.20. The zero-order valence-electron chi connectivity index (χ0n) is 13.9. The van der Waals surface area contributed by atoms with Crippen LogP contribution in [0.1, 0.15) is 0 Å². The normalized spacial score (nSPS) is 11.8. The van der Waals surface area contributed by atoms with Crippen LogP contribution in [0.25, 0.3) is 52.8 Å². The Hall–Kier alpha value is -2.68. The van der Waals surface area contributed by atoms with E-state index in [0.717, 1.165) is 0 Å². The van der Waals surface area contributed by atoms with Crippen molar-refractivity contribution in [2.75, 3.05) is 0 Å². The molecule has 6 rings (SSSR count). The van der Waals surface area contributed by atoms with Gasteiger partial charge in [0.05, 0.1) is 0 Å². The fourth-order valence-corrected chi connectivity index (χ4v) is 5.86. The highest BCUT2D eigenvalue weighted by Crippen LogP contribution is 2.46. The highest BCUT2D eigenvalue weighted by molar-refractivity contribution is 7.19. The average Bonchev–Trinajstić information content (AvgIpc) is 3.33. The standard InChI is InChI=1S/C24H14S2/c1-3-7-18-15(5-1)13-16-6-2-4-8-19(16)22(18)23-20-10-12-25-21(20)14-17-9-11-26-24(17)23/h1-14H. The second-order valence-corrected chi connectivity index (χ2v) is 8.48. The Morgan fingerprint density at radius 2 is 1.19 bits per heavy atom. The van der Waals surface area contributed by atoms with E-state index in [1.807, 2.05) is 22.7 Å². The van der Waals surface area contributed by atoms with Gasteiger partial charge in [-0.1, -0.05) is 48.5 Å². The molecule has 0 saturated heterocycles. The van der Waals surface area contributed by atoms with E-state index in [1.165, 1.54) is 52.8 Å². The predicted octanol–water partition coefficient (Wildman–Crippen LogP) is 8.09. The van der Waals surface area contributed by atoms with E-state index in [-0.39, 0.29) is 0 Å². The zero-order valence-corrected chi connectivity index (χ0v) is 15.5. The van der Waals surface area contributed by atoms with E-state index in [0.29, 0.717) is 0 Å². The smallest absolute Gasteiger partial charge is 0.0428 e. The summed E-state index contributed by atoms with van der Waals surface area (Å²) in [6.07, 6.45) is 0. The van der Waals surface area contributed by atoms with Crippen LogP contribution >= 0.6 is 22.7 Å². The Kier molecular flexibility index (Phi) is 3.01. The Bertz CT molecular complexity index is 1330. The number of thiophene rings is 2. The molecule has 0 radical (unpaired) electrons. The van der Waals surface area contributed by atoms with Crippen LogP contribution in [0.3, 0.4) is 0 Å². The van der Waals surface area contributed by atoms with Crippen LogP contribution in [0.4, 0.5) is 0 Å². The van der Waals surface area contributed by atoms with Gasteiger partial charge in [-0.3, -0.25) is 0 Å². The van der Waals surface area contributed by atoms with E-state index >= 15 is 0 Å². The molecule has 0 unspecified atom stereocenters. The van der Waals surface area contributed by atoms with Gasteiger partial charge in [0.25, 0.3) is 0 Å². The molecule has 0 aliphatic heterocycles. The van der Waals surface area contributed by atoms with Crippen molar-refractivity contribution in [2.45, 2.75) is 0 Å². The average molecular weight is 367 g/mol. The van der Waals surface area contributed by atoms with Crippen LogP contribution in [0, 0.1) is 0 Å². The van der Waals surface area contributed by atoms with Crippen LogP contribution in [-0.4, -0.2) is 0 Å². The van der Waals surface area contributed by atoms with Crippen molar-refractivity contribution in [3.05, 3.63) is 83.6 Å². The Balaban J connectivity index is 1.95. The van der Waals surface area contributed by atoms with Gasteiger partial charge in [0.2, 0.25) is 0 Å². The zero-order chi connectivity index (χ0) is 17.1. The van der Waals surface area contributed by atoms with Crippen LogP contribution in [0.5, 0.6) is 0 Å². The lowest BCUT2D eigenvalue weighted by atomic mass is 9.90. The van der Waals surface area contributed by atoms with Crippen molar-refractivity contribution in [3.63, 3.8) is 0 Å². The topological polar surface area (TPSA) is 0 Å². The molecule has 6 aromatic rings. The Morgan fingerprint density at radius 3 is 1.96 bits per heavy atom. The summed E-state index contributed by atoms with van der Waals surface area (Å²) in [5.74, 6) is 0. The maximum absolute atomic E-state index is 2.34. The van der Waals surface area contributed by atoms with Gasteiger partial charge >= 0.3 is 0 Å². The number of benzene rings is 4. The molecule has 0 N–H and O–H groups in total. The van der Waals surface area contributed by atoms with Gasteiger partial charge in [0.15, 0.2) is 0 Å². The van der Waals surface area contributed by atoms with E-state index in [9.17, 15) is 0 Å². The summed E-state index contributed by atoms with van der Waals surface area (Å²) < 4.78 is 2.75. The minimum atomic E-state index is 1.30. The molecular weight excluding hydrogens is 352 g/mol. The summed E-state index contributed by atoms with van der Waals surface area (Å²) >= 11 is 3.68. The largest absolute Gasteiger partial charge is 0.144 e.